The van der Waals surface area contributed by atoms with Crippen molar-refractivity contribution in [1.82, 2.24) is 25.4 Å². The highest BCUT2D eigenvalue weighted by atomic mass is 19.4. The van der Waals surface area contributed by atoms with Gasteiger partial charge in [0.1, 0.15) is 0 Å². The maximum atomic E-state index is 12.4. The quantitative estimate of drug-likeness (QED) is 0.891. The van der Waals surface area contributed by atoms with Gasteiger partial charge in [0, 0.05) is 18.4 Å². The predicted octanol–water partition coefficient (Wildman–Crippen LogP) is 1.71. The van der Waals surface area contributed by atoms with E-state index in [-0.39, 0.29) is 17.4 Å². The molecule has 2 aromatic heterocycles. The first kappa shape index (κ1) is 14.7. The first-order chi connectivity index (χ1) is 10.5. The fourth-order valence-corrected chi connectivity index (χ4v) is 2.12. The Bertz CT molecular complexity index is 621. The standard InChI is InChI=1S/C12H13F3N6O/c13-12(14,15)10-20-9(21-22-10)7-5-17-11(18-6-7)19-8-1-3-16-4-2-8/h5-6,8,16H,1-4H2,(H,17,18,19). The average Bonchev–Trinajstić information content (AvgIpc) is 2.99. The van der Waals surface area contributed by atoms with Crippen LogP contribution in [0.2, 0.25) is 0 Å². The average molecular weight is 314 g/mol. The minimum absolute atomic E-state index is 0.194. The van der Waals surface area contributed by atoms with Gasteiger partial charge in [-0.2, -0.15) is 18.2 Å². The molecule has 0 bridgehead atoms. The summed E-state index contributed by atoms with van der Waals surface area (Å²) in [5.74, 6) is -1.16. The van der Waals surface area contributed by atoms with E-state index in [0.29, 0.717) is 5.95 Å². The van der Waals surface area contributed by atoms with E-state index in [0.717, 1.165) is 25.9 Å². The molecule has 1 saturated heterocycles. The number of aromatic nitrogens is 4. The van der Waals surface area contributed by atoms with E-state index >= 15 is 0 Å². The number of nitrogens with zero attached hydrogens (tertiary/aromatic N) is 4. The molecule has 7 nitrogen and oxygen atoms in total. The van der Waals surface area contributed by atoms with Crippen molar-refractivity contribution in [1.29, 1.82) is 0 Å². The topological polar surface area (TPSA) is 88.8 Å². The molecule has 0 amide bonds. The van der Waals surface area contributed by atoms with Crippen LogP contribution in [0.1, 0.15) is 18.7 Å². The zero-order valence-electron chi connectivity index (χ0n) is 11.4. The van der Waals surface area contributed by atoms with E-state index in [2.05, 4.69) is 35.3 Å². The number of hydrogen-bond acceptors (Lipinski definition) is 7. The van der Waals surface area contributed by atoms with E-state index < -0.39 is 12.1 Å². The Morgan fingerprint density at radius 1 is 1.18 bits per heavy atom. The molecular weight excluding hydrogens is 301 g/mol. The van der Waals surface area contributed by atoms with E-state index in [1.54, 1.807) is 0 Å². The van der Waals surface area contributed by atoms with Crippen molar-refractivity contribution in [3.8, 4) is 11.4 Å². The van der Waals surface area contributed by atoms with Gasteiger partial charge in [0.25, 0.3) is 0 Å². The normalized spacial score (nSPS) is 16.7. The summed E-state index contributed by atoms with van der Waals surface area (Å²) in [5, 5.41) is 9.71. The Hall–Kier alpha value is -2.23. The Morgan fingerprint density at radius 2 is 1.86 bits per heavy atom. The van der Waals surface area contributed by atoms with Crippen molar-refractivity contribution in [2.24, 2.45) is 0 Å². The molecule has 1 aliphatic rings. The molecule has 22 heavy (non-hydrogen) atoms. The molecule has 3 heterocycles. The molecule has 0 aromatic carbocycles. The van der Waals surface area contributed by atoms with Crippen LogP contribution in [-0.2, 0) is 6.18 Å². The van der Waals surface area contributed by atoms with E-state index in [4.69, 9.17) is 0 Å². The van der Waals surface area contributed by atoms with Gasteiger partial charge in [-0.05, 0) is 25.9 Å². The summed E-state index contributed by atoms with van der Waals surface area (Å²) in [5.41, 5.74) is 0.259. The zero-order chi connectivity index (χ0) is 15.6. The van der Waals surface area contributed by atoms with Crippen molar-refractivity contribution >= 4 is 5.95 Å². The summed E-state index contributed by atoms with van der Waals surface area (Å²) in [6, 6.07) is 0.286. The van der Waals surface area contributed by atoms with Crippen LogP contribution in [0.3, 0.4) is 0 Å². The van der Waals surface area contributed by atoms with Gasteiger partial charge in [0.2, 0.25) is 11.8 Å². The van der Waals surface area contributed by atoms with E-state index in [1.165, 1.54) is 12.4 Å². The van der Waals surface area contributed by atoms with Crippen LogP contribution in [0.5, 0.6) is 0 Å². The highest BCUT2D eigenvalue weighted by Crippen LogP contribution is 2.29. The summed E-state index contributed by atoms with van der Waals surface area (Å²) in [4.78, 5) is 11.4. The van der Waals surface area contributed by atoms with Gasteiger partial charge in [-0.15, -0.1) is 0 Å². The number of piperidine rings is 1. The van der Waals surface area contributed by atoms with Gasteiger partial charge in [-0.25, -0.2) is 9.97 Å². The first-order valence-corrected chi connectivity index (χ1v) is 6.73. The van der Waals surface area contributed by atoms with E-state index in [1.807, 2.05) is 0 Å². The number of nitrogens with one attached hydrogen (secondary N) is 2. The second kappa shape index (κ2) is 5.87. The number of halogens is 3. The summed E-state index contributed by atoms with van der Waals surface area (Å²) in [6.07, 6.45) is -0.0127. The third kappa shape index (κ3) is 3.32. The Morgan fingerprint density at radius 3 is 2.45 bits per heavy atom. The minimum atomic E-state index is -4.66. The van der Waals surface area contributed by atoms with Crippen molar-refractivity contribution in [3.05, 3.63) is 18.3 Å². The minimum Gasteiger partial charge on any atom is -0.351 e. The Labute approximate surface area is 123 Å². The maximum Gasteiger partial charge on any atom is 0.471 e. The number of hydrogen-bond donors (Lipinski definition) is 2. The maximum absolute atomic E-state index is 12.4. The fourth-order valence-electron chi connectivity index (χ4n) is 2.12. The third-order valence-electron chi connectivity index (χ3n) is 3.25. The van der Waals surface area contributed by atoms with Crippen LogP contribution in [0.4, 0.5) is 19.1 Å². The second-order valence-corrected chi connectivity index (χ2v) is 4.88. The molecule has 118 valence electrons. The summed E-state index contributed by atoms with van der Waals surface area (Å²) in [7, 11) is 0. The lowest BCUT2D eigenvalue weighted by Crippen LogP contribution is -2.35. The Balaban J connectivity index is 1.69. The molecule has 0 unspecified atom stereocenters. The van der Waals surface area contributed by atoms with Crippen molar-refractivity contribution in [2.45, 2.75) is 25.1 Å². The second-order valence-electron chi connectivity index (χ2n) is 4.88. The molecule has 2 aromatic rings. The summed E-state index contributed by atoms with van der Waals surface area (Å²) < 4.78 is 41.4. The Kier molecular flexibility index (Phi) is 3.92. The predicted molar refractivity (Wildman–Crippen MR) is 69.8 cm³/mol. The van der Waals surface area contributed by atoms with Gasteiger partial charge < -0.3 is 15.2 Å². The highest BCUT2D eigenvalue weighted by molar-refractivity contribution is 5.52. The summed E-state index contributed by atoms with van der Waals surface area (Å²) >= 11 is 0. The summed E-state index contributed by atoms with van der Waals surface area (Å²) in [6.45, 7) is 1.86. The monoisotopic (exact) mass is 314 g/mol. The smallest absolute Gasteiger partial charge is 0.351 e. The van der Waals surface area contributed by atoms with Crippen molar-refractivity contribution < 1.29 is 17.7 Å². The van der Waals surface area contributed by atoms with Crippen molar-refractivity contribution in [2.75, 3.05) is 18.4 Å². The molecule has 0 saturated carbocycles. The fraction of sp³-hybridized carbons (Fsp3) is 0.500. The molecule has 0 spiro atoms. The van der Waals surface area contributed by atoms with Crippen molar-refractivity contribution in [3.63, 3.8) is 0 Å². The van der Waals surface area contributed by atoms with Gasteiger partial charge in [0.15, 0.2) is 0 Å². The van der Waals surface area contributed by atoms with Crippen LogP contribution in [-0.4, -0.2) is 39.2 Å². The lowest BCUT2D eigenvalue weighted by Gasteiger charge is -2.23. The number of alkyl halides is 3. The van der Waals surface area contributed by atoms with Gasteiger partial charge in [-0.3, -0.25) is 0 Å². The van der Waals surface area contributed by atoms with Crippen LogP contribution in [0.15, 0.2) is 16.9 Å². The molecule has 10 heteroatoms. The lowest BCUT2D eigenvalue weighted by molar-refractivity contribution is -0.159. The lowest BCUT2D eigenvalue weighted by atomic mass is 10.1. The molecule has 2 N–H and O–H groups in total. The van der Waals surface area contributed by atoms with Crippen LogP contribution < -0.4 is 10.6 Å². The van der Waals surface area contributed by atoms with Gasteiger partial charge in [0.05, 0.1) is 5.56 Å². The molecule has 1 aliphatic heterocycles. The zero-order valence-corrected chi connectivity index (χ0v) is 11.4. The molecule has 0 atom stereocenters. The largest absolute Gasteiger partial charge is 0.471 e. The van der Waals surface area contributed by atoms with Crippen LogP contribution in [0.25, 0.3) is 11.4 Å². The molecule has 3 rings (SSSR count). The van der Waals surface area contributed by atoms with Crippen LogP contribution in [0, 0.1) is 0 Å². The molecular formula is C12H13F3N6O. The van der Waals surface area contributed by atoms with Crippen LogP contribution >= 0.6 is 0 Å². The first-order valence-electron chi connectivity index (χ1n) is 6.73. The molecule has 0 radical (unpaired) electrons. The highest BCUT2D eigenvalue weighted by Gasteiger charge is 2.38. The number of rotatable bonds is 3. The SMILES string of the molecule is FC(F)(F)c1nc(-c2cnc(NC3CCNCC3)nc2)no1. The van der Waals surface area contributed by atoms with Gasteiger partial charge in [-0.1, -0.05) is 5.16 Å². The third-order valence-corrected chi connectivity index (χ3v) is 3.25. The molecule has 1 fully saturated rings. The molecule has 0 aliphatic carbocycles. The van der Waals surface area contributed by atoms with Gasteiger partial charge >= 0.3 is 12.1 Å². The van der Waals surface area contributed by atoms with E-state index in [9.17, 15) is 13.2 Å². The number of anilines is 1.